The van der Waals surface area contributed by atoms with Crippen molar-refractivity contribution in [2.45, 2.75) is 6.42 Å². The van der Waals surface area contributed by atoms with Crippen molar-refractivity contribution in [3.8, 4) is 23.0 Å². The molecule has 3 aliphatic heterocycles. The molecule has 0 N–H and O–H groups in total. The van der Waals surface area contributed by atoms with Gasteiger partial charge in [0.25, 0.3) is 0 Å². The largest absolute Gasteiger partial charge is 0.455 e. The Morgan fingerprint density at radius 3 is 1.21 bits per heavy atom. The summed E-state index contributed by atoms with van der Waals surface area (Å²) in [5, 5.41) is 2.33. The van der Waals surface area contributed by atoms with Gasteiger partial charge >= 0.3 is 8.40 Å². The van der Waals surface area contributed by atoms with Crippen molar-refractivity contribution >= 4 is 41.5 Å². The molecule has 3 aliphatic rings. The summed E-state index contributed by atoms with van der Waals surface area (Å²) < 4.78 is 19.0. The lowest BCUT2D eigenvalue weighted by Crippen LogP contribution is -2.78. The predicted octanol–water partition coefficient (Wildman–Crippen LogP) is 8.04. The van der Waals surface area contributed by atoms with Crippen molar-refractivity contribution in [1.82, 2.24) is 0 Å². The Balaban J connectivity index is 1.58. The lowest BCUT2D eigenvalue weighted by molar-refractivity contribution is 0.489. The molecule has 0 unspecified atom stereocenters. The second-order valence-corrected chi connectivity index (χ2v) is 14.2. The smallest absolute Gasteiger partial charge is 0.348 e. The molecule has 6 aromatic rings. The Morgan fingerprint density at radius 2 is 0.738 bits per heavy atom. The van der Waals surface area contributed by atoms with Crippen LogP contribution in [0.25, 0.3) is 0 Å². The number of hydrogen-bond acceptors (Lipinski definition) is 4. The number of hydrogen-bond donors (Lipinski definition) is 0. The molecule has 0 aromatic heterocycles. The second kappa shape index (κ2) is 8.87. The van der Waals surface area contributed by atoms with Gasteiger partial charge in [-0.15, -0.1) is 0 Å². The molecule has 0 bridgehead atoms. The fourth-order valence-corrected chi connectivity index (χ4v) is 12.3. The summed E-state index contributed by atoms with van der Waals surface area (Å²) in [7, 11) is -3.33. The van der Waals surface area contributed by atoms with Crippen LogP contribution in [0.3, 0.4) is 0 Å². The van der Waals surface area contributed by atoms with Crippen LogP contribution in [0.2, 0.25) is 0 Å². The number of rotatable bonds is 0. The van der Waals surface area contributed by atoms with Crippen molar-refractivity contribution in [1.29, 1.82) is 0 Å². The molecular formula is C37H26N2O2Si. The molecule has 0 saturated heterocycles. The summed E-state index contributed by atoms with van der Waals surface area (Å²) in [6.45, 7) is 0. The van der Waals surface area contributed by atoms with Gasteiger partial charge in [-0.2, -0.15) is 0 Å². The highest BCUT2D eigenvalue weighted by Gasteiger charge is 2.59. The molecule has 0 fully saturated rings. The van der Waals surface area contributed by atoms with Gasteiger partial charge in [0, 0.05) is 28.2 Å². The number of anilines is 4. The topological polar surface area (TPSA) is 24.9 Å². The fourth-order valence-electron chi connectivity index (χ4n) is 7.03. The first kappa shape index (κ1) is 23.4. The average molecular weight is 559 g/mol. The second-order valence-electron chi connectivity index (χ2n) is 10.9. The van der Waals surface area contributed by atoms with E-state index in [2.05, 4.69) is 155 Å². The third-order valence-corrected chi connectivity index (χ3v) is 13.3. The number of fused-ring (bicyclic) bond motifs is 10. The molecule has 0 saturated carbocycles. The molecule has 200 valence electrons. The first-order chi connectivity index (χ1) is 20.8. The highest BCUT2D eigenvalue weighted by molar-refractivity contribution is 7.09. The van der Waals surface area contributed by atoms with E-state index in [4.69, 9.17) is 9.47 Å². The van der Waals surface area contributed by atoms with Crippen molar-refractivity contribution in [3.05, 3.63) is 157 Å². The van der Waals surface area contributed by atoms with Crippen LogP contribution in [-0.2, 0) is 6.42 Å². The van der Waals surface area contributed by atoms with Crippen molar-refractivity contribution < 1.29 is 9.47 Å². The minimum Gasteiger partial charge on any atom is -0.455 e. The zero-order valence-electron chi connectivity index (χ0n) is 22.8. The average Bonchev–Trinajstić information content (AvgIpc) is 3.24. The van der Waals surface area contributed by atoms with Crippen LogP contribution < -0.4 is 29.0 Å². The van der Waals surface area contributed by atoms with Gasteiger partial charge in [0.05, 0.1) is 11.4 Å². The zero-order chi connectivity index (χ0) is 27.7. The molecule has 42 heavy (non-hydrogen) atoms. The Kier molecular flexibility index (Phi) is 4.95. The van der Waals surface area contributed by atoms with E-state index in [0.717, 1.165) is 40.8 Å². The van der Waals surface area contributed by atoms with Crippen LogP contribution in [0, 0.1) is 0 Å². The number of para-hydroxylation sites is 8. The lowest BCUT2D eigenvalue weighted by atomic mass is 10.0. The Morgan fingerprint density at radius 1 is 0.381 bits per heavy atom. The zero-order valence-corrected chi connectivity index (χ0v) is 23.8. The van der Waals surface area contributed by atoms with E-state index in [0.29, 0.717) is 0 Å². The van der Waals surface area contributed by atoms with E-state index in [9.17, 15) is 0 Å². The maximum atomic E-state index is 6.89. The van der Waals surface area contributed by atoms with Gasteiger partial charge in [-0.25, -0.2) is 0 Å². The van der Waals surface area contributed by atoms with E-state index in [-0.39, 0.29) is 0 Å². The van der Waals surface area contributed by atoms with Gasteiger partial charge in [0.2, 0.25) is 0 Å². The van der Waals surface area contributed by atoms with Crippen molar-refractivity contribution in [3.63, 3.8) is 0 Å². The lowest BCUT2D eigenvalue weighted by Gasteiger charge is -2.51. The van der Waals surface area contributed by atoms with Gasteiger partial charge in [-0.05, 0) is 59.7 Å². The van der Waals surface area contributed by atoms with Crippen molar-refractivity contribution in [2.24, 2.45) is 0 Å². The molecule has 0 radical (unpaired) electrons. The normalized spacial score (nSPS) is 15.0. The molecule has 3 heterocycles. The van der Waals surface area contributed by atoms with Crippen LogP contribution in [0.15, 0.2) is 146 Å². The minimum absolute atomic E-state index is 0.805. The summed E-state index contributed by atoms with van der Waals surface area (Å²) in [6.07, 6.45) is 0.805. The predicted molar refractivity (Wildman–Crippen MR) is 171 cm³/mol. The van der Waals surface area contributed by atoms with E-state index in [1.165, 1.54) is 32.9 Å². The molecule has 5 heteroatoms. The van der Waals surface area contributed by atoms with Gasteiger partial charge < -0.3 is 18.6 Å². The monoisotopic (exact) mass is 558 g/mol. The molecule has 1 spiro atoms. The number of ether oxygens (including phenoxy) is 2. The van der Waals surface area contributed by atoms with E-state index in [1.807, 2.05) is 0 Å². The quantitative estimate of drug-likeness (QED) is 0.176. The van der Waals surface area contributed by atoms with E-state index in [1.54, 1.807) is 0 Å². The maximum absolute atomic E-state index is 6.89. The highest BCUT2D eigenvalue weighted by Crippen LogP contribution is 2.53. The molecule has 0 atom stereocenters. The Labute approximate surface area is 245 Å². The summed E-state index contributed by atoms with van der Waals surface area (Å²) in [4.78, 5) is 0. The standard InChI is InChI=1S/C37H26N2O2Si/c1-3-15-28-26(13-1)25-27-14-2-4-16-29(27)39-31-18-6-8-20-33(31)41-35-22-10-12-24-37(35)42(39)36-23-11-9-21-34(36)40-32-19-7-5-17-30(32)38(28)42/h1-24H,25H2. The molecule has 4 nitrogen and oxygen atoms in total. The Bertz CT molecular complexity index is 1880. The number of nitrogens with zero attached hydrogens (tertiary/aromatic N) is 2. The maximum Gasteiger partial charge on any atom is 0.348 e. The minimum atomic E-state index is -3.33. The van der Waals surface area contributed by atoms with Gasteiger partial charge in [-0.3, -0.25) is 0 Å². The van der Waals surface area contributed by atoms with E-state index >= 15 is 0 Å². The van der Waals surface area contributed by atoms with Gasteiger partial charge in [-0.1, -0.05) is 97.1 Å². The number of benzene rings is 6. The Hall–Kier alpha value is -5.26. The highest BCUT2D eigenvalue weighted by atomic mass is 28.3. The molecule has 0 amide bonds. The van der Waals surface area contributed by atoms with Crippen LogP contribution in [0.1, 0.15) is 11.1 Å². The van der Waals surface area contributed by atoms with Gasteiger partial charge in [0.15, 0.2) is 0 Å². The van der Waals surface area contributed by atoms with Crippen LogP contribution in [0.5, 0.6) is 23.0 Å². The van der Waals surface area contributed by atoms with Gasteiger partial charge in [0.1, 0.15) is 23.0 Å². The summed E-state index contributed by atoms with van der Waals surface area (Å²) >= 11 is 0. The SMILES string of the molecule is c1ccc2c(c1)Cc1ccccc1N1c3ccccc3Oc3ccccc3[Si]13c1ccccc1Oc1ccccc1N23. The molecule has 0 aliphatic carbocycles. The fraction of sp³-hybridized carbons (Fsp3) is 0.0270. The molecular weight excluding hydrogens is 533 g/mol. The summed E-state index contributed by atoms with van der Waals surface area (Å²) in [5.41, 5.74) is 7.03. The molecule has 9 rings (SSSR count). The first-order valence-electron chi connectivity index (χ1n) is 14.3. The third-order valence-electron chi connectivity index (χ3n) is 8.67. The van der Waals surface area contributed by atoms with Crippen molar-refractivity contribution in [2.75, 3.05) is 9.13 Å². The third kappa shape index (κ3) is 3.11. The summed E-state index contributed by atoms with van der Waals surface area (Å²) in [5.74, 6) is 3.42. The van der Waals surface area contributed by atoms with Crippen LogP contribution >= 0.6 is 0 Å². The van der Waals surface area contributed by atoms with E-state index < -0.39 is 8.40 Å². The first-order valence-corrected chi connectivity index (χ1v) is 16.2. The van der Waals surface area contributed by atoms with Crippen LogP contribution in [-0.4, -0.2) is 8.40 Å². The molecule has 6 aromatic carbocycles. The summed E-state index contributed by atoms with van der Waals surface area (Å²) in [6, 6.07) is 51.9. The van der Waals surface area contributed by atoms with Crippen LogP contribution in [0.4, 0.5) is 22.7 Å².